The maximum atomic E-state index is 13.2. The summed E-state index contributed by atoms with van der Waals surface area (Å²) in [5.74, 6) is -4.88. The average Bonchev–Trinajstić information content (AvgIpc) is 2.35. The van der Waals surface area contributed by atoms with Crippen LogP contribution in [-0.2, 0) is 0 Å². The molecule has 0 aliphatic heterocycles. The normalized spacial score (nSPS) is 15.4. The Kier molecular flexibility index (Phi) is 4.66. The van der Waals surface area contributed by atoms with Crippen LogP contribution in [-0.4, -0.2) is 17.8 Å². The third kappa shape index (κ3) is 3.52. The summed E-state index contributed by atoms with van der Waals surface area (Å²) in [6, 6.07) is 7.60. The fraction of sp³-hybridized carbons (Fsp3) is 0.462. The summed E-state index contributed by atoms with van der Waals surface area (Å²) in [6.07, 6.45) is -6.07. The molecule has 0 aliphatic rings. The minimum absolute atomic E-state index is 0.455. The van der Waals surface area contributed by atoms with Gasteiger partial charge in [-0.05, 0) is 18.9 Å². The van der Waals surface area contributed by atoms with Gasteiger partial charge in [-0.25, -0.2) is 0 Å². The van der Waals surface area contributed by atoms with Gasteiger partial charge >= 0.3 is 12.1 Å². The molecule has 0 saturated heterocycles. The molecule has 0 heterocycles. The first-order valence-electron chi connectivity index (χ1n) is 5.76. The Balaban J connectivity index is 3.07. The van der Waals surface area contributed by atoms with Gasteiger partial charge in [0.15, 0.2) is 0 Å². The van der Waals surface area contributed by atoms with Gasteiger partial charge in [0.2, 0.25) is 0 Å². The van der Waals surface area contributed by atoms with Crippen molar-refractivity contribution in [3.05, 3.63) is 35.9 Å². The molecule has 19 heavy (non-hydrogen) atoms. The summed E-state index contributed by atoms with van der Waals surface area (Å²) in [4.78, 5) is 3.55. The standard InChI is InChI=1S/C13H14F5N/c1-3-11(12(14,15)13(16,17)18)19-9(2)10-7-5-4-6-8-10/h4-9H,3H2,1-2H3. The molecule has 0 spiro atoms. The van der Waals surface area contributed by atoms with E-state index in [4.69, 9.17) is 0 Å². The van der Waals surface area contributed by atoms with E-state index in [1.165, 1.54) is 13.8 Å². The highest BCUT2D eigenvalue weighted by Crippen LogP contribution is 2.38. The van der Waals surface area contributed by atoms with Crippen LogP contribution in [0.4, 0.5) is 22.0 Å². The maximum absolute atomic E-state index is 13.2. The third-order valence-corrected chi connectivity index (χ3v) is 2.68. The molecule has 0 radical (unpaired) electrons. The van der Waals surface area contributed by atoms with Gasteiger partial charge in [0.1, 0.15) is 0 Å². The molecule has 1 aromatic rings. The van der Waals surface area contributed by atoms with E-state index in [2.05, 4.69) is 4.99 Å². The van der Waals surface area contributed by atoms with Crippen LogP contribution in [0.5, 0.6) is 0 Å². The first-order valence-corrected chi connectivity index (χ1v) is 5.76. The lowest BCUT2D eigenvalue weighted by Crippen LogP contribution is -2.44. The lowest BCUT2D eigenvalue weighted by Gasteiger charge is -2.22. The first-order chi connectivity index (χ1) is 8.70. The van der Waals surface area contributed by atoms with Crippen molar-refractivity contribution in [1.29, 1.82) is 0 Å². The second-order valence-electron chi connectivity index (χ2n) is 4.09. The Hall–Kier alpha value is -1.46. The van der Waals surface area contributed by atoms with Crippen molar-refractivity contribution in [3.63, 3.8) is 0 Å². The van der Waals surface area contributed by atoms with Gasteiger partial charge < -0.3 is 0 Å². The van der Waals surface area contributed by atoms with Crippen molar-refractivity contribution in [2.75, 3.05) is 0 Å². The molecule has 0 aromatic heterocycles. The number of nitrogens with zero attached hydrogens (tertiary/aromatic N) is 1. The quantitative estimate of drug-likeness (QED) is 0.554. The van der Waals surface area contributed by atoms with Gasteiger partial charge in [-0.1, -0.05) is 37.3 Å². The maximum Gasteiger partial charge on any atom is 0.459 e. The number of halogens is 5. The number of benzene rings is 1. The number of hydrogen-bond donors (Lipinski definition) is 0. The van der Waals surface area contributed by atoms with Gasteiger partial charge in [-0.3, -0.25) is 4.99 Å². The molecule has 1 atom stereocenters. The molecule has 1 aromatic carbocycles. The topological polar surface area (TPSA) is 12.4 Å². The van der Waals surface area contributed by atoms with E-state index in [9.17, 15) is 22.0 Å². The lowest BCUT2D eigenvalue weighted by molar-refractivity contribution is -0.249. The molecule has 1 unspecified atom stereocenters. The summed E-state index contributed by atoms with van der Waals surface area (Å²) >= 11 is 0. The fourth-order valence-corrected chi connectivity index (χ4v) is 1.60. The fourth-order valence-electron chi connectivity index (χ4n) is 1.60. The van der Waals surface area contributed by atoms with Gasteiger partial charge in [0.05, 0.1) is 11.8 Å². The first kappa shape index (κ1) is 15.6. The minimum Gasteiger partial charge on any atom is -0.280 e. The predicted octanol–water partition coefficient (Wildman–Crippen LogP) is 4.80. The van der Waals surface area contributed by atoms with E-state index in [0.717, 1.165) is 0 Å². The molecule has 0 N–H and O–H groups in total. The van der Waals surface area contributed by atoms with Crippen LogP contribution in [0.2, 0.25) is 0 Å². The Morgan fingerprint density at radius 1 is 1.11 bits per heavy atom. The largest absolute Gasteiger partial charge is 0.459 e. The van der Waals surface area contributed by atoms with Crippen molar-refractivity contribution < 1.29 is 22.0 Å². The molecule has 0 amide bonds. The lowest BCUT2D eigenvalue weighted by atomic mass is 10.1. The summed E-state index contributed by atoms with van der Waals surface area (Å²) in [7, 11) is 0. The Morgan fingerprint density at radius 3 is 2.05 bits per heavy atom. The van der Waals surface area contributed by atoms with E-state index in [-0.39, 0.29) is 0 Å². The van der Waals surface area contributed by atoms with Crippen molar-refractivity contribution >= 4 is 5.71 Å². The van der Waals surface area contributed by atoms with Crippen LogP contribution in [0.1, 0.15) is 31.9 Å². The predicted molar refractivity (Wildman–Crippen MR) is 63.6 cm³/mol. The van der Waals surface area contributed by atoms with Crippen molar-refractivity contribution in [2.45, 2.75) is 38.4 Å². The SMILES string of the molecule is CCC(=NC(C)c1ccccc1)C(F)(F)C(F)(F)F. The second-order valence-corrected chi connectivity index (χ2v) is 4.09. The zero-order valence-corrected chi connectivity index (χ0v) is 10.5. The monoisotopic (exact) mass is 279 g/mol. The molecule has 1 nitrogen and oxygen atoms in total. The van der Waals surface area contributed by atoms with Gasteiger partial charge in [-0.15, -0.1) is 0 Å². The van der Waals surface area contributed by atoms with Crippen LogP contribution >= 0.6 is 0 Å². The minimum atomic E-state index is -5.61. The number of alkyl halides is 5. The smallest absolute Gasteiger partial charge is 0.280 e. The Labute approximate surface area is 108 Å². The van der Waals surface area contributed by atoms with E-state index in [0.29, 0.717) is 5.56 Å². The summed E-state index contributed by atoms with van der Waals surface area (Å²) in [5.41, 5.74) is -0.553. The van der Waals surface area contributed by atoms with Crippen molar-refractivity contribution in [3.8, 4) is 0 Å². The van der Waals surface area contributed by atoms with Gasteiger partial charge in [0.25, 0.3) is 0 Å². The highest BCUT2D eigenvalue weighted by atomic mass is 19.4. The summed E-state index contributed by atoms with van der Waals surface area (Å²) in [5, 5.41) is 0. The van der Waals surface area contributed by atoms with Crippen molar-refractivity contribution in [1.82, 2.24) is 0 Å². The zero-order chi connectivity index (χ0) is 14.7. The molecule has 6 heteroatoms. The molecule has 0 aliphatic carbocycles. The van der Waals surface area contributed by atoms with Crippen LogP contribution in [0.3, 0.4) is 0 Å². The molecule has 1 rings (SSSR count). The highest BCUT2D eigenvalue weighted by molar-refractivity contribution is 5.91. The second kappa shape index (κ2) is 5.67. The highest BCUT2D eigenvalue weighted by Gasteiger charge is 2.60. The van der Waals surface area contributed by atoms with Crippen LogP contribution < -0.4 is 0 Å². The Morgan fingerprint density at radius 2 is 1.63 bits per heavy atom. The third-order valence-electron chi connectivity index (χ3n) is 2.68. The number of hydrogen-bond acceptors (Lipinski definition) is 1. The summed E-state index contributed by atoms with van der Waals surface area (Å²) in [6.45, 7) is 2.72. The number of rotatable bonds is 4. The van der Waals surface area contributed by atoms with E-state index < -0.39 is 30.3 Å². The van der Waals surface area contributed by atoms with E-state index >= 15 is 0 Å². The molecular weight excluding hydrogens is 265 g/mol. The Bertz CT molecular complexity index is 436. The van der Waals surface area contributed by atoms with Crippen LogP contribution in [0.15, 0.2) is 35.3 Å². The molecule has 0 bridgehead atoms. The number of aliphatic imine (C=N–C) groups is 1. The van der Waals surface area contributed by atoms with Crippen LogP contribution in [0.25, 0.3) is 0 Å². The zero-order valence-electron chi connectivity index (χ0n) is 10.5. The van der Waals surface area contributed by atoms with Gasteiger partial charge in [-0.2, -0.15) is 22.0 Å². The van der Waals surface area contributed by atoms with Gasteiger partial charge in [0, 0.05) is 0 Å². The van der Waals surface area contributed by atoms with E-state index in [1.54, 1.807) is 30.3 Å². The van der Waals surface area contributed by atoms with Crippen molar-refractivity contribution in [2.24, 2.45) is 4.99 Å². The van der Waals surface area contributed by atoms with Crippen LogP contribution in [0, 0.1) is 0 Å². The molecule has 0 fully saturated rings. The summed E-state index contributed by atoms with van der Waals surface area (Å²) < 4.78 is 63.3. The van der Waals surface area contributed by atoms with E-state index in [1.807, 2.05) is 0 Å². The average molecular weight is 279 g/mol. The molecule has 106 valence electrons. The molecular formula is C13H14F5N. The molecule has 0 saturated carbocycles.